The van der Waals surface area contributed by atoms with E-state index in [2.05, 4.69) is 6.92 Å². The first kappa shape index (κ1) is 12.9. The lowest BCUT2D eigenvalue weighted by Gasteiger charge is -2.34. The van der Waals surface area contributed by atoms with Gasteiger partial charge >= 0.3 is 0 Å². The van der Waals surface area contributed by atoms with Crippen LogP contribution < -0.4 is 5.73 Å². The largest absolute Gasteiger partial charge is 0.385 e. The Labute approximate surface area is 81.6 Å². The zero-order valence-corrected chi connectivity index (χ0v) is 9.46. The molecule has 0 rings (SSSR count). The SMILES string of the molecule is COCCC(C)C(N)C(C)(C)OC. The van der Waals surface area contributed by atoms with Gasteiger partial charge in [0.2, 0.25) is 0 Å². The highest BCUT2D eigenvalue weighted by molar-refractivity contribution is 4.86. The zero-order chi connectivity index (χ0) is 10.5. The van der Waals surface area contributed by atoms with Crippen molar-refractivity contribution in [3.05, 3.63) is 0 Å². The van der Waals surface area contributed by atoms with Gasteiger partial charge in [0.1, 0.15) is 0 Å². The summed E-state index contributed by atoms with van der Waals surface area (Å²) in [4.78, 5) is 0. The van der Waals surface area contributed by atoms with Crippen LogP contribution in [0, 0.1) is 5.92 Å². The summed E-state index contributed by atoms with van der Waals surface area (Å²) in [6.45, 7) is 6.92. The maximum atomic E-state index is 6.07. The highest BCUT2D eigenvalue weighted by Crippen LogP contribution is 2.20. The molecule has 2 atom stereocenters. The second-order valence-electron chi connectivity index (χ2n) is 4.09. The minimum atomic E-state index is -0.257. The number of hydrogen-bond donors (Lipinski definition) is 1. The van der Waals surface area contributed by atoms with Gasteiger partial charge in [-0.15, -0.1) is 0 Å². The monoisotopic (exact) mass is 189 g/mol. The summed E-state index contributed by atoms with van der Waals surface area (Å²) < 4.78 is 10.3. The average molecular weight is 189 g/mol. The van der Waals surface area contributed by atoms with Crippen molar-refractivity contribution in [1.82, 2.24) is 0 Å². The number of ether oxygens (including phenoxy) is 2. The summed E-state index contributed by atoms with van der Waals surface area (Å²) in [5.74, 6) is 0.412. The lowest BCUT2D eigenvalue weighted by atomic mass is 9.87. The van der Waals surface area contributed by atoms with Crippen LogP contribution in [-0.2, 0) is 9.47 Å². The molecule has 80 valence electrons. The van der Waals surface area contributed by atoms with E-state index >= 15 is 0 Å². The van der Waals surface area contributed by atoms with Crippen LogP contribution in [0.25, 0.3) is 0 Å². The fourth-order valence-electron chi connectivity index (χ4n) is 1.30. The van der Waals surface area contributed by atoms with Gasteiger partial charge in [0.05, 0.1) is 5.60 Å². The maximum Gasteiger partial charge on any atom is 0.0775 e. The van der Waals surface area contributed by atoms with Crippen LogP contribution in [0.3, 0.4) is 0 Å². The molecule has 3 heteroatoms. The molecule has 0 heterocycles. The van der Waals surface area contributed by atoms with E-state index < -0.39 is 0 Å². The van der Waals surface area contributed by atoms with Crippen molar-refractivity contribution < 1.29 is 9.47 Å². The zero-order valence-electron chi connectivity index (χ0n) is 9.46. The minimum Gasteiger partial charge on any atom is -0.385 e. The smallest absolute Gasteiger partial charge is 0.0775 e. The highest BCUT2D eigenvalue weighted by atomic mass is 16.5. The summed E-state index contributed by atoms with van der Waals surface area (Å²) in [5, 5.41) is 0. The number of hydrogen-bond acceptors (Lipinski definition) is 3. The predicted molar refractivity (Wildman–Crippen MR) is 54.7 cm³/mol. The van der Waals surface area contributed by atoms with Gasteiger partial charge in [0, 0.05) is 26.9 Å². The molecule has 0 saturated carbocycles. The Balaban J connectivity index is 4.00. The maximum absolute atomic E-state index is 6.07. The van der Waals surface area contributed by atoms with Crippen LogP contribution in [0.1, 0.15) is 27.2 Å². The van der Waals surface area contributed by atoms with Crippen molar-refractivity contribution in [2.75, 3.05) is 20.8 Å². The molecule has 0 fully saturated rings. The van der Waals surface area contributed by atoms with Gasteiger partial charge in [-0.1, -0.05) is 6.92 Å². The van der Waals surface area contributed by atoms with E-state index in [0.717, 1.165) is 13.0 Å². The van der Waals surface area contributed by atoms with Gasteiger partial charge in [0.15, 0.2) is 0 Å². The van der Waals surface area contributed by atoms with E-state index in [1.165, 1.54) is 0 Å². The van der Waals surface area contributed by atoms with Crippen LogP contribution >= 0.6 is 0 Å². The quantitative estimate of drug-likeness (QED) is 0.687. The lowest BCUT2D eigenvalue weighted by Crippen LogP contribution is -2.49. The van der Waals surface area contributed by atoms with Crippen LogP contribution in [0.5, 0.6) is 0 Å². The van der Waals surface area contributed by atoms with E-state index in [1.807, 2.05) is 13.8 Å². The third-order valence-electron chi connectivity index (χ3n) is 2.72. The summed E-state index contributed by atoms with van der Waals surface area (Å²) in [5.41, 5.74) is 5.81. The van der Waals surface area contributed by atoms with Gasteiger partial charge < -0.3 is 15.2 Å². The fourth-order valence-corrected chi connectivity index (χ4v) is 1.30. The molecule has 3 nitrogen and oxygen atoms in total. The molecule has 2 unspecified atom stereocenters. The molecule has 2 N–H and O–H groups in total. The number of rotatable bonds is 6. The van der Waals surface area contributed by atoms with Gasteiger partial charge in [-0.25, -0.2) is 0 Å². The molecule has 0 aromatic rings. The molecule has 0 aliphatic rings. The third kappa shape index (κ3) is 4.07. The van der Waals surface area contributed by atoms with Crippen molar-refractivity contribution in [1.29, 1.82) is 0 Å². The predicted octanol–water partition coefficient (Wildman–Crippen LogP) is 1.41. The van der Waals surface area contributed by atoms with Crippen LogP contribution in [0.2, 0.25) is 0 Å². The van der Waals surface area contributed by atoms with Crippen LogP contribution in [-0.4, -0.2) is 32.5 Å². The molecule has 0 saturated heterocycles. The van der Waals surface area contributed by atoms with Gasteiger partial charge in [-0.2, -0.15) is 0 Å². The molecule has 13 heavy (non-hydrogen) atoms. The van der Waals surface area contributed by atoms with Crippen molar-refractivity contribution >= 4 is 0 Å². The molecule has 0 radical (unpaired) electrons. The van der Waals surface area contributed by atoms with Crippen LogP contribution in [0.4, 0.5) is 0 Å². The second-order valence-corrected chi connectivity index (χ2v) is 4.09. The van der Waals surface area contributed by atoms with Crippen molar-refractivity contribution in [3.8, 4) is 0 Å². The first-order chi connectivity index (χ1) is 5.95. The van der Waals surface area contributed by atoms with Gasteiger partial charge in [0.25, 0.3) is 0 Å². The minimum absolute atomic E-state index is 0.0487. The number of methoxy groups -OCH3 is 2. The molecular weight excluding hydrogens is 166 g/mol. The van der Waals surface area contributed by atoms with E-state index in [-0.39, 0.29) is 11.6 Å². The number of nitrogens with two attached hydrogens (primary N) is 1. The Hall–Kier alpha value is -0.120. The molecule has 0 aliphatic heterocycles. The Morgan fingerprint density at radius 1 is 1.31 bits per heavy atom. The van der Waals surface area contributed by atoms with Crippen molar-refractivity contribution in [3.63, 3.8) is 0 Å². The molecule has 0 aliphatic carbocycles. The molecule has 0 spiro atoms. The Morgan fingerprint density at radius 3 is 2.23 bits per heavy atom. The molecule has 0 aromatic carbocycles. The normalized spacial score (nSPS) is 17.1. The summed E-state index contributed by atoms with van der Waals surface area (Å²) in [7, 11) is 3.41. The third-order valence-corrected chi connectivity index (χ3v) is 2.72. The van der Waals surface area contributed by atoms with Gasteiger partial charge in [-0.05, 0) is 26.2 Å². The first-order valence-corrected chi connectivity index (χ1v) is 4.75. The Bertz CT molecular complexity index is 137. The average Bonchev–Trinajstić information content (AvgIpc) is 2.12. The Kier molecular flexibility index (Phi) is 5.53. The summed E-state index contributed by atoms with van der Waals surface area (Å²) >= 11 is 0. The lowest BCUT2D eigenvalue weighted by molar-refractivity contribution is -0.0167. The molecule has 0 bridgehead atoms. The highest BCUT2D eigenvalue weighted by Gasteiger charge is 2.29. The van der Waals surface area contributed by atoms with E-state index in [4.69, 9.17) is 15.2 Å². The Morgan fingerprint density at radius 2 is 1.85 bits per heavy atom. The summed E-state index contributed by atoms with van der Waals surface area (Å²) in [6.07, 6.45) is 0.977. The second kappa shape index (κ2) is 5.58. The topological polar surface area (TPSA) is 44.5 Å². The van der Waals surface area contributed by atoms with E-state index in [9.17, 15) is 0 Å². The first-order valence-electron chi connectivity index (χ1n) is 4.75. The fraction of sp³-hybridized carbons (Fsp3) is 1.00. The summed E-state index contributed by atoms with van der Waals surface area (Å²) in [6, 6.07) is 0.0487. The van der Waals surface area contributed by atoms with E-state index in [0.29, 0.717) is 5.92 Å². The van der Waals surface area contributed by atoms with Gasteiger partial charge in [-0.3, -0.25) is 0 Å². The van der Waals surface area contributed by atoms with Crippen molar-refractivity contribution in [2.24, 2.45) is 11.7 Å². The molecule has 0 aromatic heterocycles. The van der Waals surface area contributed by atoms with E-state index in [1.54, 1.807) is 14.2 Å². The standard InChI is InChI=1S/C10H23NO2/c1-8(6-7-12-4)9(11)10(2,3)13-5/h8-9H,6-7,11H2,1-5H3. The van der Waals surface area contributed by atoms with Crippen LogP contribution in [0.15, 0.2) is 0 Å². The molecular formula is C10H23NO2. The van der Waals surface area contributed by atoms with Crippen molar-refractivity contribution in [2.45, 2.75) is 38.8 Å². The molecule has 0 amide bonds.